The van der Waals surface area contributed by atoms with Crippen molar-refractivity contribution in [1.82, 2.24) is 4.72 Å². The van der Waals surface area contributed by atoms with Gasteiger partial charge in [0.15, 0.2) is 0 Å². The van der Waals surface area contributed by atoms with Crippen LogP contribution in [0, 0.1) is 5.82 Å². The summed E-state index contributed by atoms with van der Waals surface area (Å²) in [6, 6.07) is 2.30. The van der Waals surface area contributed by atoms with Crippen LogP contribution in [0.5, 0.6) is 0 Å². The zero-order valence-electron chi connectivity index (χ0n) is 11.8. The molecule has 0 bridgehead atoms. The zero-order chi connectivity index (χ0) is 16.0. The predicted molar refractivity (Wildman–Crippen MR) is 78.1 cm³/mol. The Hall–Kier alpha value is -1.87. The van der Waals surface area contributed by atoms with E-state index in [0.29, 0.717) is 13.0 Å². The third-order valence-corrected chi connectivity index (χ3v) is 3.31. The second kappa shape index (κ2) is 7.23. The van der Waals surface area contributed by atoms with Crippen LogP contribution in [0.2, 0.25) is 0 Å². The van der Waals surface area contributed by atoms with Crippen molar-refractivity contribution in [3.05, 3.63) is 23.5 Å². The standard InChI is InChI=1S/C12H18FN3O4S/c1-20-12(17)8-6-11(9(13)7-10(8)14)15-4-3-5-16-21(2,18)19/h6-7,15-16H,3-5,14H2,1-2H3. The number of anilines is 2. The number of benzene rings is 1. The van der Waals surface area contributed by atoms with Gasteiger partial charge in [-0.3, -0.25) is 0 Å². The van der Waals surface area contributed by atoms with Crippen LogP contribution in [-0.2, 0) is 14.8 Å². The molecule has 4 N–H and O–H groups in total. The molecule has 0 aliphatic heterocycles. The molecule has 0 fully saturated rings. The van der Waals surface area contributed by atoms with E-state index in [1.165, 1.54) is 13.2 Å². The van der Waals surface area contributed by atoms with Crippen molar-refractivity contribution in [2.75, 3.05) is 37.5 Å². The van der Waals surface area contributed by atoms with E-state index < -0.39 is 21.8 Å². The molecular formula is C12H18FN3O4S. The molecule has 0 aromatic heterocycles. The Morgan fingerprint density at radius 1 is 1.38 bits per heavy atom. The lowest BCUT2D eigenvalue weighted by atomic mass is 10.1. The minimum absolute atomic E-state index is 0.0105. The Labute approximate surface area is 122 Å². The van der Waals surface area contributed by atoms with Crippen LogP contribution in [0.15, 0.2) is 12.1 Å². The topological polar surface area (TPSA) is 111 Å². The van der Waals surface area contributed by atoms with Gasteiger partial charge in [-0.1, -0.05) is 0 Å². The van der Waals surface area contributed by atoms with Gasteiger partial charge in [0.2, 0.25) is 10.0 Å². The molecular weight excluding hydrogens is 301 g/mol. The Bertz CT molecular complexity index is 619. The highest BCUT2D eigenvalue weighted by atomic mass is 32.2. The predicted octanol–water partition coefficient (Wildman–Crippen LogP) is 0.546. The van der Waals surface area contributed by atoms with E-state index in [2.05, 4.69) is 14.8 Å². The fourth-order valence-electron chi connectivity index (χ4n) is 1.58. The minimum Gasteiger partial charge on any atom is -0.465 e. The van der Waals surface area contributed by atoms with Crippen molar-refractivity contribution in [2.24, 2.45) is 0 Å². The summed E-state index contributed by atoms with van der Waals surface area (Å²) < 4.78 is 42.3. The largest absolute Gasteiger partial charge is 0.465 e. The number of rotatable bonds is 7. The maximum Gasteiger partial charge on any atom is 0.340 e. The number of esters is 1. The van der Waals surface area contributed by atoms with E-state index in [0.717, 1.165) is 12.3 Å². The van der Waals surface area contributed by atoms with Crippen LogP contribution >= 0.6 is 0 Å². The molecule has 0 saturated heterocycles. The van der Waals surface area contributed by atoms with Gasteiger partial charge in [-0.2, -0.15) is 0 Å². The van der Waals surface area contributed by atoms with Gasteiger partial charge in [-0.15, -0.1) is 0 Å². The summed E-state index contributed by atoms with van der Waals surface area (Å²) in [5, 5.41) is 2.77. The maximum atomic E-state index is 13.7. The summed E-state index contributed by atoms with van der Waals surface area (Å²) in [5.41, 5.74) is 5.70. The fraction of sp³-hybridized carbons (Fsp3) is 0.417. The average Bonchev–Trinajstić information content (AvgIpc) is 2.38. The highest BCUT2D eigenvalue weighted by Gasteiger charge is 2.14. The van der Waals surface area contributed by atoms with Gasteiger partial charge in [0, 0.05) is 18.8 Å². The fourth-order valence-corrected chi connectivity index (χ4v) is 2.09. The Morgan fingerprint density at radius 3 is 2.62 bits per heavy atom. The first-order valence-electron chi connectivity index (χ1n) is 6.10. The van der Waals surface area contributed by atoms with Crippen LogP contribution in [0.1, 0.15) is 16.8 Å². The molecule has 21 heavy (non-hydrogen) atoms. The summed E-state index contributed by atoms with van der Waals surface area (Å²) in [6.45, 7) is 0.552. The monoisotopic (exact) mass is 319 g/mol. The quantitative estimate of drug-likeness (QED) is 0.384. The number of nitrogen functional groups attached to an aromatic ring is 1. The number of halogens is 1. The number of carbonyl (C=O) groups is 1. The minimum atomic E-state index is -3.23. The van der Waals surface area contributed by atoms with E-state index in [4.69, 9.17) is 5.73 Å². The number of nitrogens with one attached hydrogen (secondary N) is 2. The highest BCUT2D eigenvalue weighted by molar-refractivity contribution is 7.88. The van der Waals surface area contributed by atoms with Gasteiger partial charge >= 0.3 is 5.97 Å². The first-order chi connectivity index (χ1) is 9.74. The molecule has 0 radical (unpaired) electrons. The number of sulfonamides is 1. The van der Waals surface area contributed by atoms with Crippen LogP contribution in [-0.4, -0.2) is 40.8 Å². The number of nitrogens with two attached hydrogens (primary N) is 1. The van der Waals surface area contributed by atoms with E-state index in [1.807, 2.05) is 0 Å². The van der Waals surface area contributed by atoms with Gasteiger partial charge in [-0.05, 0) is 18.6 Å². The van der Waals surface area contributed by atoms with Gasteiger partial charge in [0.25, 0.3) is 0 Å². The molecule has 118 valence electrons. The summed E-state index contributed by atoms with van der Waals surface area (Å²) in [6.07, 6.45) is 1.51. The van der Waals surface area contributed by atoms with Crippen LogP contribution < -0.4 is 15.8 Å². The molecule has 0 amide bonds. The smallest absolute Gasteiger partial charge is 0.340 e. The highest BCUT2D eigenvalue weighted by Crippen LogP contribution is 2.22. The summed E-state index contributed by atoms with van der Waals surface area (Å²) in [5.74, 6) is -1.26. The molecule has 0 unspecified atom stereocenters. The SMILES string of the molecule is COC(=O)c1cc(NCCCNS(C)(=O)=O)c(F)cc1N. The van der Waals surface area contributed by atoms with E-state index in [9.17, 15) is 17.6 Å². The van der Waals surface area contributed by atoms with Crippen molar-refractivity contribution in [2.45, 2.75) is 6.42 Å². The molecule has 0 aliphatic carbocycles. The molecule has 1 aromatic carbocycles. The Balaban J connectivity index is 2.65. The van der Waals surface area contributed by atoms with Crippen molar-refractivity contribution in [3.8, 4) is 0 Å². The molecule has 7 nitrogen and oxygen atoms in total. The van der Waals surface area contributed by atoms with Gasteiger partial charge in [-0.25, -0.2) is 22.3 Å². The second-order valence-electron chi connectivity index (χ2n) is 4.36. The third kappa shape index (κ3) is 5.56. The lowest BCUT2D eigenvalue weighted by molar-refractivity contribution is 0.0602. The Kier molecular flexibility index (Phi) is 5.91. The lowest BCUT2D eigenvalue weighted by Crippen LogP contribution is -2.24. The Morgan fingerprint density at radius 2 is 2.05 bits per heavy atom. The van der Waals surface area contributed by atoms with Crippen molar-refractivity contribution < 1.29 is 22.3 Å². The molecule has 1 rings (SSSR count). The maximum absolute atomic E-state index is 13.7. The van der Waals surface area contributed by atoms with Crippen molar-refractivity contribution in [3.63, 3.8) is 0 Å². The van der Waals surface area contributed by atoms with Crippen molar-refractivity contribution >= 4 is 27.4 Å². The summed E-state index contributed by atoms with van der Waals surface area (Å²) >= 11 is 0. The molecule has 0 aliphatic rings. The zero-order valence-corrected chi connectivity index (χ0v) is 12.6. The van der Waals surface area contributed by atoms with E-state index in [1.54, 1.807) is 0 Å². The molecule has 1 aromatic rings. The molecule has 0 atom stereocenters. The molecule has 0 spiro atoms. The number of hydrogen-bond acceptors (Lipinski definition) is 6. The number of carbonyl (C=O) groups excluding carboxylic acids is 1. The third-order valence-electron chi connectivity index (χ3n) is 2.58. The normalized spacial score (nSPS) is 11.2. The molecule has 9 heteroatoms. The van der Waals surface area contributed by atoms with Gasteiger partial charge in [0.05, 0.1) is 24.6 Å². The van der Waals surface area contributed by atoms with Crippen LogP contribution in [0.3, 0.4) is 0 Å². The average molecular weight is 319 g/mol. The van der Waals surface area contributed by atoms with E-state index in [-0.39, 0.29) is 23.5 Å². The second-order valence-corrected chi connectivity index (χ2v) is 6.19. The van der Waals surface area contributed by atoms with Crippen LogP contribution in [0.4, 0.5) is 15.8 Å². The number of hydrogen-bond donors (Lipinski definition) is 3. The summed E-state index contributed by atoms with van der Waals surface area (Å²) in [4.78, 5) is 11.5. The van der Waals surface area contributed by atoms with Gasteiger partial charge in [0.1, 0.15) is 5.82 Å². The van der Waals surface area contributed by atoms with Crippen molar-refractivity contribution in [1.29, 1.82) is 0 Å². The first-order valence-corrected chi connectivity index (χ1v) is 7.99. The van der Waals surface area contributed by atoms with E-state index >= 15 is 0 Å². The molecule has 0 heterocycles. The molecule has 0 saturated carbocycles. The van der Waals surface area contributed by atoms with Gasteiger partial charge < -0.3 is 15.8 Å². The van der Waals surface area contributed by atoms with Crippen LogP contribution in [0.25, 0.3) is 0 Å². The number of methoxy groups -OCH3 is 1. The lowest BCUT2D eigenvalue weighted by Gasteiger charge is -2.11. The number of ether oxygens (including phenoxy) is 1. The summed E-state index contributed by atoms with van der Waals surface area (Å²) in [7, 11) is -2.03. The first kappa shape index (κ1) is 17.2.